The first-order valence-corrected chi connectivity index (χ1v) is 14.0. The highest BCUT2D eigenvalue weighted by molar-refractivity contribution is 5.93. The molecule has 1 aliphatic carbocycles. The van der Waals surface area contributed by atoms with Gasteiger partial charge in [0.25, 0.3) is 5.91 Å². The summed E-state index contributed by atoms with van der Waals surface area (Å²) in [5.74, 6) is -4.55. The van der Waals surface area contributed by atoms with Gasteiger partial charge in [0.2, 0.25) is 5.92 Å². The van der Waals surface area contributed by atoms with Crippen LogP contribution in [-0.2, 0) is 11.2 Å². The number of urea groups is 1. The number of ether oxygens (including phenoxy) is 1. The van der Waals surface area contributed by atoms with Gasteiger partial charge in [0, 0.05) is 38.4 Å². The molecule has 4 heterocycles. The van der Waals surface area contributed by atoms with Gasteiger partial charge in [-0.3, -0.25) is 4.79 Å². The highest BCUT2D eigenvalue weighted by atomic mass is 19.4. The first-order valence-electron chi connectivity index (χ1n) is 14.5. The molecule has 0 aromatic carbocycles. The van der Waals surface area contributed by atoms with Crippen LogP contribution >= 0.6 is 0 Å². The van der Waals surface area contributed by atoms with Crippen LogP contribution in [0.5, 0.6) is 0 Å². The number of rotatable bonds is 10. The average molecular weight is 670 g/mol. The Hall–Kier alpha value is -4.10. The highest BCUT2D eigenvalue weighted by Gasteiger charge is 2.49. The van der Waals surface area contributed by atoms with E-state index in [1.54, 1.807) is 0 Å². The van der Waals surface area contributed by atoms with Gasteiger partial charge in [-0.05, 0) is 30.0 Å². The molecule has 0 radical (unpaired) electrons. The Bertz CT molecular complexity index is 1600. The standard InChI is InChI=1S/C26H28F8N8O4/c1-45-12-17(41-11-18(26(32,33)34)37-23(41)44)14-8-19-36-16(10-42(19)35-9-14)20(13-2-5-24(27,28)6-3-13)38-22(43)21-15(39-46-40-21)4-7-25(29,30)31/h8-10,13,17-18,20H,2-7,11-12H2,1H3,(H,37,44)(H,38,43)/t17-,18-,20-/m0/s1/i9D. The number of halogens is 8. The Morgan fingerprint density at radius 3 is 2.59 bits per heavy atom. The van der Waals surface area contributed by atoms with Crippen molar-refractivity contribution in [1.29, 1.82) is 0 Å². The van der Waals surface area contributed by atoms with Gasteiger partial charge >= 0.3 is 18.4 Å². The monoisotopic (exact) mass is 669 g/mol. The van der Waals surface area contributed by atoms with Crippen molar-refractivity contribution >= 4 is 17.6 Å². The molecule has 3 atom stereocenters. The van der Waals surface area contributed by atoms with E-state index in [0.29, 0.717) is 0 Å². The average Bonchev–Trinajstić information content (AvgIpc) is 3.71. The second kappa shape index (κ2) is 12.6. The third-order valence-electron chi connectivity index (χ3n) is 7.95. The van der Waals surface area contributed by atoms with Gasteiger partial charge in [-0.15, -0.1) is 0 Å². The number of nitrogens with zero attached hydrogens (tertiary/aromatic N) is 6. The van der Waals surface area contributed by atoms with Crippen LogP contribution in [0.2, 0.25) is 0 Å². The first-order chi connectivity index (χ1) is 22.0. The minimum absolute atomic E-state index is 0.00431. The van der Waals surface area contributed by atoms with Crippen molar-refractivity contribution in [3.05, 3.63) is 41.1 Å². The lowest BCUT2D eigenvalue weighted by molar-refractivity contribution is -0.150. The van der Waals surface area contributed by atoms with Crippen molar-refractivity contribution in [2.75, 3.05) is 20.3 Å². The zero-order chi connectivity index (χ0) is 34.3. The van der Waals surface area contributed by atoms with Crippen LogP contribution in [0, 0.1) is 5.92 Å². The lowest BCUT2D eigenvalue weighted by Crippen LogP contribution is -2.40. The van der Waals surface area contributed by atoms with Crippen LogP contribution in [-0.4, -0.2) is 86.3 Å². The molecule has 2 N–H and O–H groups in total. The van der Waals surface area contributed by atoms with Gasteiger partial charge in [0.05, 0.1) is 44.7 Å². The number of carbonyl (C=O) groups is 2. The fraction of sp³-hybridized carbons (Fsp3) is 0.615. The minimum Gasteiger partial charge on any atom is -0.382 e. The first kappa shape index (κ1) is 31.9. The molecular weight excluding hydrogens is 640 g/mol. The van der Waals surface area contributed by atoms with Crippen molar-refractivity contribution < 1.29 is 55.4 Å². The summed E-state index contributed by atoms with van der Waals surface area (Å²) in [6.45, 7) is -1.06. The number of fused-ring (bicyclic) bond motifs is 1. The van der Waals surface area contributed by atoms with Crippen LogP contribution in [0.4, 0.5) is 39.9 Å². The van der Waals surface area contributed by atoms with E-state index in [-0.39, 0.29) is 42.0 Å². The summed E-state index contributed by atoms with van der Waals surface area (Å²) in [6, 6.07) is -4.15. The van der Waals surface area contributed by atoms with Crippen LogP contribution < -0.4 is 10.6 Å². The summed E-state index contributed by atoms with van der Waals surface area (Å²) in [5.41, 5.74) is -0.771. The van der Waals surface area contributed by atoms with Gasteiger partial charge in [-0.25, -0.2) is 27.7 Å². The Kier molecular flexibility index (Phi) is 8.73. The summed E-state index contributed by atoms with van der Waals surface area (Å²) in [7, 11) is 1.26. The summed E-state index contributed by atoms with van der Waals surface area (Å²) in [6.07, 6.45) is -11.6. The molecule has 3 amide bonds. The number of imidazole rings is 1. The third-order valence-corrected chi connectivity index (χ3v) is 7.95. The Balaban J connectivity index is 1.47. The number of nitrogens with one attached hydrogen (secondary N) is 2. The zero-order valence-electron chi connectivity index (χ0n) is 25.0. The number of aromatic nitrogens is 5. The second-order valence-electron chi connectivity index (χ2n) is 11.2. The molecule has 12 nitrogen and oxygen atoms in total. The molecule has 20 heteroatoms. The van der Waals surface area contributed by atoms with Crippen molar-refractivity contribution in [1.82, 2.24) is 40.4 Å². The van der Waals surface area contributed by atoms with Crippen molar-refractivity contribution in [3.63, 3.8) is 0 Å². The molecule has 5 rings (SSSR count). The van der Waals surface area contributed by atoms with Gasteiger partial charge in [0.15, 0.2) is 11.3 Å². The number of methoxy groups -OCH3 is 1. The summed E-state index contributed by atoms with van der Waals surface area (Å²) >= 11 is 0. The zero-order valence-corrected chi connectivity index (χ0v) is 24.0. The highest BCUT2D eigenvalue weighted by Crippen LogP contribution is 2.41. The maximum atomic E-state index is 14.0. The maximum Gasteiger partial charge on any atom is 0.410 e. The van der Waals surface area contributed by atoms with Crippen LogP contribution in [0.3, 0.4) is 0 Å². The predicted molar refractivity (Wildman–Crippen MR) is 138 cm³/mol. The summed E-state index contributed by atoms with van der Waals surface area (Å²) in [5, 5.41) is 15.4. The Labute approximate surface area is 256 Å². The fourth-order valence-corrected chi connectivity index (χ4v) is 5.54. The molecule has 0 bridgehead atoms. The largest absolute Gasteiger partial charge is 0.410 e. The van der Waals surface area contributed by atoms with E-state index in [0.717, 1.165) is 9.42 Å². The van der Waals surface area contributed by atoms with E-state index in [4.69, 9.17) is 6.11 Å². The SMILES string of the molecule is [2H]c1nn2cc([C@@H](NC(=O)c3nonc3CCC(F)(F)F)C3CCC(F)(F)CC3)nc2cc1[C@H](COC)N1C[C@@H](C(F)(F)F)NC1=O. The maximum absolute atomic E-state index is 14.0. The van der Waals surface area contributed by atoms with Crippen molar-refractivity contribution in [2.24, 2.45) is 5.92 Å². The molecule has 3 aromatic heterocycles. The predicted octanol–water partition coefficient (Wildman–Crippen LogP) is 4.55. The number of alkyl halides is 8. The van der Waals surface area contributed by atoms with Crippen molar-refractivity contribution in [3.8, 4) is 0 Å². The fourth-order valence-electron chi connectivity index (χ4n) is 5.54. The van der Waals surface area contributed by atoms with Crippen LogP contribution in [0.15, 0.2) is 23.1 Å². The van der Waals surface area contributed by atoms with Crippen molar-refractivity contribution in [2.45, 2.75) is 74.9 Å². The van der Waals surface area contributed by atoms with E-state index in [2.05, 4.69) is 30.3 Å². The Morgan fingerprint density at radius 1 is 1.24 bits per heavy atom. The Morgan fingerprint density at radius 2 is 1.96 bits per heavy atom. The lowest BCUT2D eigenvalue weighted by atomic mass is 9.81. The summed E-state index contributed by atoms with van der Waals surface area (Å²) in [4.78, 5) is 31.1. The molecule has 0 spiro atoms. The molecule has 1 saturated carbocycles. The minimum atomic E-state index is -4.73. The molecule has 2 aliphatic rings. The molecule has 1 saturated heterocycles. The number of amides is 3. The van der Waals surface area contributed by atoms with Crippen LogP contribution in [0.1, 0.15) is 73.0 Å². The van der Waals surface area contributed by atoms with Crippen LogP contribution in [0.25, 0.3) is 5.65 Å². The molecule has 3 aromatic rings. The lowest BCUT2D eigenvalue weighted by Gasteiger charge is -2.33. The topological polar surface area (TPSA) is 140 Å². The van der Waals surface area contributed by atoms with Gasteiger partial charge in [-0.1, -0.05) is 5.16 Å². The smallest absolute Gasteiger partial charge is 0.382 e. The molecule has 0 unspecified atom stereocenters. The van der Waals surface area contributed by atoms with E-state index in [1.807, 2.05) is 5.32 Å². The number of carbonyl (C=O) groups excluding carboxylic acids is 2. The van der Waals surface area contributed by atoms with E-state index in [1.165, 1.54) is 19.4 Å². The van der Waals surface area contributed by atoms with Gasteiger partial charge in [-0.2, -0.15) is 31.4 Å². The number of hydrogen-bond donors (Lipinski definition) is 2. The second-order valence-corrected chi connectivity index (χ2v) is 11.2. The number of hydrogen-bond acceptors (Lipinski definition) is 8. The summed E-state index contributed by atoms with van der Waals surface area (Å²) < 4.78 is 126. The van der Waals surface area contributed by atoms with E-state index >= 15 is 0 Å². The van der Waals surface area contributed by atoms with Gasteiger partial charge in [0.1, 0.15) is 11.7 Å². The molecule has 252 valence electrons. The molecule has 46 heavy (non-hydrogen) atoms. The molecule has 2 fully saturated rings. The quantitative estimate of drug-likeness (QED) is 0.300. The van der Waals surface area contributed by atoms with E-state index < -0.39 is 98.4 Å². The third kappa shape index (κ3) is 7.47. The molecule has 1 aliphatic heterocycles. The molecular formula is C26H28F8N8O4. The van der Waals surface area contributed by atoms with Gasteiger partial charge < -0.3 is 20.3 Å². The normalized spacial score (nSPS) is 20.9. The number of aryl methyl sites for hydroxylation is 1. The van der Waals surface area contributed by atoms with E-state index in [9.17, 15) is 44.7 Å².